The van der Waals surface area contributed by atoms with Crippen molar-refractivity contribution in [3.8, 4) is 0 Å². The van der Waals surface area contributed by atoms with Gasteiger partial charge in [-0.1, -0.05) is 13.8 Å². The predicted octanol–water partition coefficient (Wildman–Crippen LogP) is 0.884. The maximum Gasteiger partial charge on any atom is 0.324 e. The van der Waals surface area contributed by atoms with E-state index in [0.717, 1.165) is 25.3 Å². The zero-order valence-corrected chi connectivity index (χ0v) is 12.2. The molecule has 0 aliphatic carbocycles. The highest BCUT2D eigenvalue weighted by atomic mass is 32.2. The molecule has 0 bridgehead atoms. The van der Waals surface area contributed by atoms with E-state index in [2.05, 4.69) is 9.46 Å². The quantitative estimate of drug-likeness (QED) is 0.621. The van der Waals surface area contributed by atoms with E-state index < -0.39 is 32.7 Å². The van der Waals surface area contributed by atoms with Crippen LogP contribution < -0.4 is 10.5 Å². The summed E-state index contributed by atoms with van der Waals surface area (Å²) in [6, 6.07) is 1.92. The van der Waals surface area contributed by atoms with Gasteiger partial charge in [-0.05, 0) is 24.1 Å². The lowest BCUT2D eigenvalue weighted by molar-refractivity contribution is -0.143. The molecule has 0 spiro atoms. The zero-order chi connectivity index (χ0) is 15.5. The number of halogens is 1. The Balaban J connectivity index is 3.16. The molecular weight excluding hydrogens is 287 g/mol. The molecule has 0 fully saturated rings. The van der Waals surface area contributed by atoms with E-state index in [1.165, 1.54) is 0 Å². The van der Waals surface area contributed by atoms with Crippen LogP contribution in [0.25, 0.3) is 0 Å². The lowest BCUT2D eigenvalue weighted by atomic mass is 10.1. The number of carbonyl (C=O) groups is 1. The summed E-state index contributed by atoms with van der Waals surface area (Å²) >= 11 is 0. The van der Waals surface area contributed by atoms with Crippen molar-refractivity contribution in [3.05, 3.63) is 24.0 Å². The molecule has 1 rings (SSSR count). The van der Waals surface area contributed by atoms with Gasteiger partial charge in [-0.25, -0.2) is 12.8 Å². The Kier molecular flexibility index (Phi) is 5.07. The molecule has 1 aromatic carbocycles. The molecule has 8 heteroatoms. The number of hydrogen-bond acceptors (Lipinski definition) is 5. The lowest BCUT2D eigenvalue weighted by Crippen LogP contribution is -2.45. The second-order valence-corrected chi connectivity index (χ2v) is 6.23. The highest BCUT2D eigenvalue weighted by molar-refractivity contribution is 7.89. The van der Waals surface area contributed by atoms with Crippen molar-refractivity contribution < 1.29 is 22.3 Å². The number of nitrogens with two attached hydrogens (primary N) is 1. The molecule has 0 aliphatic heterocycles. The largest absolute Gasteiger partial charge is 0.468 e. The SMILES string of the molecule is COC(=O)C(NS(=O)(=O)c1cc(F)ccc1N)C(C)C. The fraction of sp³-hybridized carbons (Fsp3) is 0.417. The first-order valence-electron chi connectivity index (χ1n) is 5.84. The van der Waals surface area contributed by atoms with Crippen LogP contribution in [0.3, 0.4) is 0 Å². The number of esters is 1. The second kappa shape index (κ2) is 6.19. The third kappa shape index (κ3) is 3.67. The number of nitrogens with one attached hydrogen (secondary N) is 1. The molecule has 0 amide bonds. The van der Waals surface area contributed by atoms with Gasteiger partial charge in [0, 0.05) is 0 Å². The third-order valence-corrected chi connectivity index (χ3v) is 4.17. The molecule has 6 nitrogen and oxygen atoms in total. The fourth-order valence-electron chi connectivity index (χ4n) is 1.55. The number of benzene rings is 1. The molecular formula is C12H17FN2O4S. The summed E-state index contributed by atoms with van der Waals surface area (Å²) in [6.07, 6.45) is 0. The van der Waals surface area contributed by atoms with Crippen molar-refractivity contribution in [1.29, 1.82) is 0 Å². The van der Waals surface area contributed by atoms with Gasteiger partial charge < -0.3 is 10.5 Å². The van der Waals surface area contributed by atoms with Gasteiger partial charge in [0.2, 0.25) is 10.0 Å². The highest BCUT2D eigenvalue weighted by Crippen LogP contribution is 2.20. The summed E-state index contributed by atoms with van der Waals surface area (Å²) in [5.41, 5.74) is 5.43. The van der Waals surface area contributed by atoms with Gasteiger partial charge in [-0.3, -0.25) is 4.79 Å². The summed E-state index contributed by atoms with van der Waals surface area (Å²) in [5, 5.41) is 0. The van der Waals surface area contributed by atoms with Crippen LogP contribution in [0.4, 0.5) is 10.1 Å². The molecule has 0 radical (unpaired) electrons. The Hall–Kier alpha value is -1.67. The van der Waals surface area contributed by atoms with Crippen LogP contribution in [0.1, 0.15) is 13.8 Å². The van der Waals surface area contributed by atoms with Crippen LogP contribution in [0.2, 0.25) is 0 Å². The van der Waals surface area contributed by atoms with Gasteiger partial charge in [-0.15, -0.1) is 0 Å². The summed E-state index contributed by atoms with van der Waals surface area (Å²) in [7, 11) is -2.97. The Bertz CT molecular complexity index is 601. The molecule has 0 aromatic heterocycles. The van der Waals surface area contributed by atoms with Crippen molar-refractivity contribution in [2.75, 3.05) is 12.8 Å². The first-order chi connectivity index (χ1) is 9.19. The van der Waals surface area contributed by atoms with Crippen molar-refractivity contribution >= 4 is 21.7 Å². The van der Waals surface area contributed by atoms with Gasteiger partial charge >= 0.3 is 5.97 Å². The molecule has 0 aliphatic rings. The smallest absolute Gasteiger partial charge is 0.324 e. The van der Waals surface area contributed by atoms with Gasteiger partial charge in [0.05, 0.1) is 12.8 Å². The number of nitrogen functional groups attached to an aromatic ring is 1. The van der Waals surface area contributed by atoms with Crippen LogP contribution in [-0.4, -0.2) is 27.5 Å². The van der Waals surface area contributed by atoms with E-state index >= 15 is 0 Å². The minimum absolute atomic E-state index is 0.105. The number of carbonyl (C=O) groups excluding carboxylic acids is 1. The van der Waals surface area contributed by atoms with E-state index in [1.807, 2.05) is 0 Å². The number of rotatable bonds is 5. The molecule has 1 unspecified atom stereocenters. The normalized spacial score (nSPS) is 13.2. The number of sulfonamides is 1. The Labute approximate surface area is 117 Å². The van der Waals surface area contributed by atoms with Crippen LogP contribution in [0, 0.1) is 11.7 Å². The molecule has 1 aromatic rings. The molecule has 0 heterocycles. The second-order valence-electron chi connectivity index (χ2n) is 4.55. The monoisotopic (exact) mass is 304 g/mol. The molecule has 3 N–H and O–H groups in total. The van der Waals surface area contributed by atoms with Crippen molar-refractivity contribution in [1.82, 2.24) is 4.72 Å². The van der Waals surface area contributed by atoms with Crippen LogP contribution >= 0.6 is 0 Å². The first kappa shape index (κ1) is 16.4. The highest BCUT2D eigenvalue weighted by Gasteiger charge is 2.30. The van der Waals surface area contributed by atoms with Crippen molar-refractivity contribution in [2.45, 2.75) is 24.8 Å². The van der Waals surface area contributed by atoms with E-state index in [0.29, 0.717) is 0 Å². The topological polar surface area (TPSA) is 98.5 Å². The zero-order valence-electron chi connectivity index (χ0n) is 11.4. The Morgan fingerprint density at radius 2 is 2.00 bits per heavy atom. The summed E-state index contributed by atoms with van der Waals surface area (Å²) in [5.74, 6) is -1.80. The molecule has 20 heavy (non-hydrogen) atoms. The number of hydrogen-bond donors (Lipinski definition) is 2. The van der Waals surface area contributed by atoms with Gasteiger partial charge in [0.1, 0.15) is 16.8 Å². The maximum absolute atomic E-state index is 13.2. The molecule has 1 atom stereocenters. The molecule has 112 valence electrons. The van der Waals surface area contributed by atoms with Crippen molar-refractivity contribution in [2.24, 2.45) is 5.92 Å². The fourth-order valence-corrected chi connectivity index (χ4v) is 3.03. The third-order valence-electron chi connectivity index (χ3n) is 2.67. The Morgan fingerprint density at radius 1 is 1.40 bits per heavy atom. The average Bonchev–Trinajstić information content (AvgIpc) is 2.37. The van der Waals surface area contributed by atoms with Crippen LogP contribution in [-0.2, 0) is 19.6 Å². The Morgan fingerprint density at radius 3 is 2.50 bits per heavy atom. The van der Waals surface area contributed by atoms with E-state index in [4.69, 9.17) is 5.73 Å². The molecule has 0 saturated heterocycles. The minimum Gasteiger partial charge on any atom is -0.468 e. The lowest BCUT2D eigenvalue weighted by Gasteiger charge is -2.20. The molecule has 0 saturated carbocycles. The van der Waals surface area contributed by atoms with E-state index in [9.17, 15) is 17.6 Å². The first-order valence-corrected chi connectivity index (χ1v) is 7.32. The number of methoxy groups -OCH3 is 1. The van der Waals surface area contributed by atoms with Gasteiger partial charge in [0.15, 0.2) is 0 Å². The van der Waals surface area contributed by atoms with Gasteiger partial charge in [0.25, 0.3) is 0 Å². The average molecular weight is 304 g/mol. The predicted molar refractivity (Wildman–Crippen MR) is 71.8 cm³/mol. The maximum atomic E-state index is 13.2. The minimum atomic E-state index is -4.13. The van der Waals surface area contributed by atoms with Crippen LogP contribution in [0.5, 0.6) is 0 Å². The van der Waals surface area contributed by atoms with E-state index in [1.54, 1.807) is 13.8 Å². The summed E-state index contributed by atoms with van der Waals surface area (Å²) in [6.45, 7) is 3.30. The van der Waals surface area contributed by atoms with E-state index in [-0.39, 0.29) is 11.6 Å². The summed E-state index contributed by atoms with van der Waals surface area (Å²) in [4.78, 5) is 11.1. The van der Waals surface area contributed by atoms with Gasteiger partial charge in [-0.2, -0.15) is 4.72 Å². The van der Waals surface area contributed by atoms with Crippen molar-refractivity contribution in [3.63, 3.8) is 0 Å². The number of anilines is 1. The summed E-state index contributed by atoms with van der Waals surface area (Å²) < 4.78 is 44.2. The standard InChI is InChI=1S/C12H17FN2O4S/c1-7(2)11(12(16)19-3)15-20(17,18)10-6-8(13)4-5-9(10)14/h4-7,11,15H,14H2,1-3H3. The number of ether oxygens (including phenoxy) is 1. The van der Waals surface area contributed by atoms with Crippen LogP contribution in [0.15, 0.2) is 23.1 Å².